The Bertz CT molecular complexity index is 635. The van der Waals surface area contributed by atoms with Gasteiger partial charge in [-0.15, -0.1) is 0 Å². The van der Waals surface area contributed by atoms with E-state index in [4.69, 9.17) is 4.74 Å². The van der Waals surface area contributed by atoms with Gasteiger partial charge >= 0.3 is 0 Å². The number of sulfonamides is 1. The lowest BCUT2D eigenvalue weighted by atomic mass is 10.0. The van der Waals surface area contributed by atoms with Gasteiger partial charge < -0.3 is 9.84 Å². The normalized spacial score (nSPS) is 20.5. The van der Waals surface area contributed by atoms with Gasteiger partial charge in [0.25, 0.3) is 0 Å². The Morgan fingerprint density at radius 2 is 2.05 bits per heavy atom. The summed E-state index contributed by atoms with van der Waals surface area (Å²) in [6, 6.07) is 4.98. The van der Waals surface area contributed by atoms with Crippen LogP contribution in [-0.4, -0.2) is 43.6 Å². The quantitative estimate of drug-likeness (QED) is 0.916. The largest absolute Gasteiger partial charge is 0.493 e. The second kappa shape index (κ2) is 5.26. The number of hydrogen-bond acceptors (Lipinski definition) is 4. The van der Waals surface area contributed by atoms with E-state index in [1.165, 1.54) is 11.4 Å². The van der Waals surface area contributed by atoms with Crippen molar-refractivity contribution in [1.82, 2.24) is 4.31 Å². The lowest BCUT2D eigenvalue weighted by Gasteiger charge is -2.28. The van der Waals surface area contributed by atoms with Crippen LogP contribution in [0.2, 0.25) is 0 Å². The van der Waals surface area contributed by atoms with Gasteiger partial charge in [-0.2, -0.15) is 4.31 Å². The number of rotatable bonds is 4. The molecule has 5 nitrogen and oxygen atoms in total. The molecule has 1 aromatic rings. The van der Waals surface area contributed by atoms with E-state index in [2.05, 4.69) is 0 Å². The molecular formula is C15H21NO4S. The Hall–Kier alpha value is -1.11. The van der Waals surface area contributed by atoms with Crippen molar-refractivity contribution in [2.45, 2.75) is 42.6 Å². The first-order chi connectivity index (χ1) is 9.91. The summed E-state index contributed by atoms with van der Waals surface area (Å²) in [5, 5.41) is 10.4. The Morgan fingerprint density at radius 1 is 1.33 bits per heavy atom. The minimum absolute atomic E-state index is 0.156. The molecule has 1 aromatic carbocycles. The van der Waals surface area contributed by atoms with Crippen molar-refractivity contribution >= 4 is 10.0 Å². The second-order valence-corrected chi connectivity index (χ2v) is 8.11. The van der Waals surface area contributed by atoms with Gasteiger partial charge in [-0.25, -0.2) is 8.42 Å². The van der Waals surface area contributed by atoms with E-state index in [0.717, 1.165) is 30.6 Å². The third-order valence-electron chi connectivity index (χ3n) is 4.42. The molecule has 116 valence electrons. The predicted octanol–water partition coefficient (Wildman–Crippen LogP) is 1.55. The van der Waals surface area contributed by atoms with Gasteiger partial charge in [0.15, 0.2) is 0 Å². The van der Waals surface area contributed by atoms with Crippen molar-refractivity contribution in [3.05, 3.63) is 23.8 Å². The first-order valence-electron chi connectivity index (χ1n) is 7.35. The van der Waals surface area contributed by atoms with Crippen molar-refractivity contribution in [2.24, 2.45) is 0 Å². The third kappa shape index (κ3) is 2.80. The number of aliphatic hydroxyl groups is 1. The number of nitrogens with zero attached hydrogens (tertiary/aromatic N) is 1. The summed E-state index contributed by atoms with van der Waals surface area (Å²) in [6.07, 6.45) is 4.00. The maximum Gasteiger partial charge on any atom is 0.242 e. The van der Waals surface area contributed by atoms with E-state index in [-0.39, 0.29) is 11.4 Å². The molecule has 0 saturated heterocycles. The number of hydrogen-bond donors (Lipinski definition) is 1. The van der Waals surface area contributed by atoms with Crippen LogP contribution in [0, 0.1) is 0 Å². The molecule has 0 bridgehead atoms. The topological polar surface area (TPSA) is 66.8 Å². The number of benzene rings is 1. The standard InChI is InChI=1S/C15H21NO4S/c1-16(11-15(17)7-2-3-8-15)21(18,19)13-4-5-14-12(10-13)6-9-20-14/h4-5,10,17H,2-3,6-9,11H2,1H3. The fourth-order valence-corrected chi connectivity index (χ4v) is 4.50. The Morgan fingerprint density at radius 3 is 2.76 bits per heavy atom. The van der Waals surface area contributed by atoms with Gasteiger partial charge in [-0.3, -0.25) is 0 Å². The summed E-state index contributed by atoms with van der Waals surface area (Å²) in [5.41, 5.74) is 0.0610. The summed E-state index contributed by atoms with van der Waals surface area (Å²) in [7, 11) is -2.03. The van der Waals surface area contributed by atoms with Crippen LogP contribution in [-0.2, 0) is 16.4 Å². The van der Waals surface area contributed by atoms with Crippen LogP contribution < -0.4 is 4.74 Å². The zero-order chi connectivity index (χ0) is 15.1. The van der Waals surface area contributed by atoms with Crippen molar-refractivity contribution in [3.63, 3.8) is 0 Å². The molecule has 0 aromatic heterocycles. The number of likely N-dealkylation sites (N-methyl/N-ethyl adjacent to an activating group) is 1. The molecule has 6 heteroatoms. The minimum atomic E-state index is -3.57. The smallest absolute Gasteiger partial charge is 0.242 e. The molecule has 0 atom stereocenters. The molecule has 1 heterocycles. The van der Waals surface area contributed by atoms with E-state index in [1.807, 2.05) is 0 Å². The van der Waals surface area contributed by atoms with Crippen molar-refractivity contribution in [3.8, 4) is 5.75 Å². The van der Waals surface area contributed by atoms with E-state index >= 15 is 0 Å². The Balaban J connectivity index is 1.82. The zero-order valence-electron chi connectivity index (χ0n) is 12.2. The molecule has 1 fully saturated rings. The summed E-state index contributed by atoms with van der Waals surface area (Å²) in [6.45, 7) is 0.761. The highest BCUT2D eigenvalue weighted by molar-refractivity contribution is 7.89. The van der Waals surface area contributed by atoms with Crippen LogP contribution >= 0.6 is 0 Å². The van der Waals surface area contributed by atoms with Gasteiger partial charge in [0.05, 0.1) is 17.1 Å². The van der Waals surface area contributed by atoms with Crippen LogP contribution in [0.3, 0.4) is 0 Å². The highest BCUT2D eigenvalue weighted by Gasteiger charge is 2.36. The average molecular weight is 311 g/mol. The molecule has 3 rings (SSSR count). The monoisotopic (exact) mass is 311 g/mol. The summed E-state index contributed by atoms with van der Waals surface area (Å²) >= 11 is 0. The molecule has 1 saturated carbocycles. The lowest BCUT2D eigenvalue weighted by Crippen LogP contribution is -2.41. The molecule has 0 unspecified atom stereocenters. The number of fused-ring (bicyclic) bond motifs is 1. The van der Waals surface area contributed by atoms with Gasteiger partial charge in [-0.1, -0.05) is 12.8 Å². The summed E-state index contributed by atoms with van der Waals surface area (Å²) in [5.74, 6) is 0.769. The van der Waals surface area contributed by atoms with Crippen LogP contribution in [0.1, 0.15) is 31.2 Å². The second-order valence-electron chi connectivity index (χ2n) is 6.06. The van der Waals surface area contributed by atoms with Gasteiger partial charge in [0.2, 0.25) is 10.0 Å². The maximum absolute atomic E-state index is 12.6. The van der Waals surface area contributed by atoms with E-state index < -0.39 is 15.6 Å². The van der Waals surface area contributed by atoms with E-state index in [9.17, 15) is 13.5 Å². The molecule has 0 spiro atoms. The SMILES string of the molecule is CN(CC1(O)CCCC1)S(=O)(=O)c1ccc2c(c1)CCO2. The van der Waals surface area contributed by atoms with E-state index in [0.29, 0.717) is 19.4 Å². The molecule has 21 heavy (non-hydrogen) atoms. The molecule has 1 N–H and O–H groups in total. The third-order valence-corrected chi connectivity index (χ3v) is 6.22. The maximum atomic E-state index is 12.6. The molecular weight excluding hydrogens is 290 g/mol. The Kier molecular flexibility index (Phi) is 3.71. The van der Waals surface area contributed by atoms with Crippen molar-refractivity contribution in [1.29, 1.82) is 0 Å². The molecule has 0 radical (unpaired) electrons. The highest BCUT2D eigenvalue weighted by Crippen LogP contribution is 2.32. The van der Waals surface area contributed by atoms with Gasteiger partial charge in [0, 0.05) is 20.0 Å². The fraction of sp³-hybridized carbons (Fsp3) is 0.600. The Labute approximate surface area is 125 Å². The molecule has 1 aliphatic carbocycles. The zero-order valence-corrected chi connectivity index (χ0v) is 13.0. The minimum Gasteiger partial charge on any atom is -0.493 e. The number of ether oxygens (including phenoxy) is 1. The first kappa shape index (κ1) is 14.8. The average Bonchev–Trinajstić information content (AvgIpc) is 3.06. The molecule has 1 aliphatic heterocycles. The molecule has 0 amide bonds. The van der Waals surface area contributed by atoms with Crippen LogP contribution in [0.15, 0.2) is 23.1 Å². The van der Waals surface area contributed by atoms with Gasteiger partial charge in [-0.05, 0) is 36.6 Å². The van der Waals surface area contributed by atoms with Crippen molar-refractivity contribution in [2.75, 3.05) is 20.2 Å². The van der Waals surface area contributed by atoms with Gasteiger partial charge in [0.1, 0.15) is 5.75 Å². The first-order valence-corrected chi connectivity index (χ1v) is 8.79. The predicted molar refractivity (Wildman–Crippen MR) is 78.9 cm³/mol. The van der Waals surface area contributed by atoms with Crippen LogP contribution in [0.25, 0.3) is 0 Å². The molecule has 2 aliphatic rings. The summed E-state index contributed by atoms with van der Waals surface area (Å²) in [4.78, 5) is 0.274. The summed E-state index contributed by atoms with van der Waals surface area (Å²) < 4.78 is 31.9. The van der Waals surface area contributed by atoms with Crippen LogP contribution in [0.5, 0.6) is 5.75 Å². The van der Waals surface area contributed by atoms with E-state index in [1.54, 1.807) is 18.2 Å². The van der Waals surface area contributed by atoms with Crippen LogP contribution in [0.4, 0.5) is 0 Å². The lowest BCUT2D eigenvalue weighted by molar-refractivity contribution is 0.0333. The highest BCUT2D eigenvalue weighted by atomic mass is 32.2. The van der Waals surface area contributed by atoms with Crippen molar-refractivity contribution < 1.29 is 18.3 Å². The fourth-order valence-electron chi connectivity index (χ4n) is 3.19.